The average molecular weight is 829 g/mol. The third kappa shape index (κ3) is 19.1. The van der Waals surface area contributed by atoms with Crippen LogP contribution in [0.5, 0.6) is 0 Å². The first-order valence-electron chi connectivity index (χ1n) is 15.7. The Balaban J connectivity index is -0.00000684. The molecule has 0 aliphatic carbocycles. The molecule has 40 heavy (non-hydrogen) atoms. The summed E-state index contributed by atoms with van der Waals surface area (Å²) in [6.45, 7) is 18.9. The third-order valence-electron chi connectivity index (χ3n) is 9.89. The molecule has 0 aromatic rings. The number of carbonyl (C=O) groups is 2. The molecule has 0 atom stereocenters. The van der Waals surface area contributed by atoms with Crippen LogP contribution in [0.1, 0.15) is 67.2 Å². The maximum atomic E-state index is 12.2. The molecule has 0 aromatic carbocycles. The standard InChI is InChI=1S/C30H66N2O4Si2.2HI/c1-11-37(12-2,13-3)27-17-21-31(7,8)23-25-35-29(33)19-20-30(34)36-26-24-32(9,10)22-18-28-38(14-4,15-5)16-6;;/h11-28H2,1-10H3;2*1H/q+2;;/p-2. The first-order chi connectivity index (χ1) is 17.8. The van der Waals surface area contributed by atoms with E-state index in [1.165, 1.54) is 61.2 Å². The van der Waals surface area contributed by atoms with E-state index in [1.807, 2.05) is 0 Å². The van der Waals surface area contributed by atoms with E-state index in [9.17, 15) is 9.59 Å². The van der Waals surface area contributed by atoms with Crippen molar-refractivity contribution in [2.75, 3.05) is 67.6 Å². The van der Waals surface area contributed by atoms with Gasteiger partial charge >= 0.3 is 11.9 Å². The van der Waals surface area contributed by atoms with Crippen molar-refractivity contribution in [1.82, 2.24) is 0 Å². The van der Waals surface area contributed by atoms with Crippen molar-refractivity contribution < 1.29 is 76.0 Å². The molecule has 0 spiro atoms. The van der Waals surface area contributed by atoms with Gasteiger partial charge in [-0.15, -0.1) is 0 Å². The highest BCUT2D eigenvalue weighted by Crippen LogP contribution is 2.28. The molecular weight excluding hydrogens is 762 g/mol. The summed E-state index contributed by atoms with van der Waals surface area (Å²) in [6, 6.07) is 11.1. The second kappa shape index (κ2) is 23.2. The molecule has 0 fully saturated rings. The average Bonchev–Trinajstić information content (AvgIpc) is 2.88. The largest absolute Gasteiger partial charge is 1.00 e. The minimum atomic E-state index is -1.06. The lowest BCUT2D eigenvalue weighted by Gasteiger charge is -2.33. The van der Waals surface area contributed by atoms with E-state index < -0.39 is 16.1 Å². The summed E-state index contributed by atoms with van der Waals surface area (Å²) in [6.07, 6.45) is 2.70. The quantitative estimate of drug-likeness (QED) is 0.0664. The summed E-state index contributed by atoms with van der Waals surface area (Å²) in [7, 11) is 6.74. The van der Waals surface area contributed by atoms with Crippen LogP contribution in [0, 0.1) is 0 Å². The van der Waals surface area contributed by atoms with Crippen LogP contribution >= 0.6 is 0 Å². The van der Waals surface area contributed by atoms with Crippen LogP contribution in [0.15, 0.2) is 0 Å². The minimum absolute atomic E-state index is 0. The van der Waals surface area contributed by atoms with E-state index in [1.54, 1.807) is 0 Å². The molecular formula is C30H66I2N2O4Si2. The number of hydrogen-bond acceptors (Lipinski definition) is 4. The van der Waals surface area contributed by atoms with Gasteiger partial charge in [0.25, 0.3) is 0 Å². The predicted molar refractivity (Wildman–Crippen MR) is 168 cm³/mol. The Morgan fingerprint density at radius 1 is 0.525 bits per heavy atom. The number of rotatable bonds is 23. The zero-order valence-corrected chi connectivity index (χ0v) is 34.3. The lowest BCUT2D eigenvalue weighted by atomic mass is 10.3. The monoisotopic (exact) mass is 828 g/mol. The molecule has 0 saturated carbocycles. The molecule has 0 radical (unpaired) electrons. The van der Waals surface area contributed by atoms with Crippen LogP contribution in [-0.4, -0.2) is 105 Å². The molecule has 0 rings (SSSR count). The van der Waals surface area contributed by atoms with Gasteiger partial charge in [-0.05, 0) is 12.8 Å². The number of halogens is 2. The highest BCUT2D eigenvalue weighted by Gasteiger charge is 2.28. The van der Waals surface area contributed by atoms with E-state index in [0.29, 0.717) is 13.2 Å². The zero-order valence-electron chi connectivity index (χ0n) is 28.0. The van der Waals surface area contributed by atoms with Crippen LogP contribution in [0.2, 0.25) is 48.4 Å². The Hall–Kier alpha value is 0.754. The number of quaternary nitrogens is 2. The van der Waals surface area contributed by atoms with Gasteiger partial charge < -0.3 is 66.4 Å². The van der Waals surface area contributed by atoms with Crippen LogP contribution in [-0.2, 0) is 19.1 Å². The number of nitrogens with zero attached hydrogens (tertiary/aromatic N) is 2. The van der Waals surface area contributed by atoms with Gasteiger partial charge in [-0.3, -0.25) is 9.59 Å². The van der Waals surface area contributed by atoms with Crippen molar-refractivity contribution in [1.29, 1.82) is 0 Å². The Morgan fingerprint density at radius 2 is 0.800 bits per heavy atom. The van der Waals surface area contributed by atoms with Crippen LogP contribution in [0.4, 0.5) is 0 Å². The van der Waals surface area contributed by atoms with Crippen molar-refractivity contribution in [3.8, 4) is 0 Å². The zero-order chi connectivity index (χ0) is 29.3. The fraction of sp³-hybridized carbons (Fsp3) is 0.933. The number of carbonyl (C=O) groups excluding carboxylic acids is 2. The lowest BCUT2D eigenvalue weighted by Crippen LogP contribution is -3.00. The molecule has 242 valence electrons. The second-order valence-corrected chi connectivity index (χ2v) is 24.3. The van der Waals surface area contributed by atoms with Gasteiger partial charge in [0, 0.05) is 0 Å². The maximum absolute atomic E-state index is 12.2. The van der Waals surface area contributed by atoms with Gasteiger partial charge in [-0.1, -0.05) is 89.9 Å². The van der Waals surface area contributed by atoms with E-state index in [0.717, 1.165) is 35.1 Å². The lowest BCUT2D eigenvalue weighted by molar-refractivity contribution is -0.890. The summed E-state index contributed by atoms with van der Waals surface area (Å²) in [5, 5.41) is 0. The number of hydrogen-bond donors (Lipinski definition) is 0. The Morgan fingerprint density at radius 3 is 1.05 bits per heavy atom. The van der Waals surface area contributed by atoms with Gasteiger partial charge in [-0.25, -0.2) is 0 Å². The van der Waals surface area contributed by atoms with Crippen molar-refractivity contribution in [3.63, 3.8) is 0 Å². The molecule has 0 unspecified atom stereocenters. The molecule has 0 aliphatic rings. The molecule has 0 saturated heterocycles. The van der Waals surface area contributed by atoms with Gasteiger partial charge in [0.15, 0.2) is 0 Å². The van der Waals surface area contributed by atoms with Gasteiger partial charge in [0.1, 0.15) is 26.3 Å². The Labute approximate surface area is 285 Å². The first kappa shape index (κ1) is 45.2. The van der Waals surface area contributed by atoms with Gasteiger partial charge in [0.05, 0.1) is 70.3 Å². The van der Waals surface area contributed by atoms with E-state index in [2.05, 4.69) is 69.7 Å². The van der Waals surface area contributed by atoms with Crippen molar-refractivity contribution in [2.45, 2.75) is 116 Å². The first-order valence-corrected chi connectivity index (χ1v) is 21.4. The SMILES string of the molecule is CC[Si](CC)(CC)CCC[N+](C)(C)CCOC(=O)CCC(=O)OCC[N+](C)(C)CCC[Si](CC)(CC)CC.[I-].[I-]. The molecule has 0 aliphatic heterocycles. The molecule has 0 heterocycles. The summed E-state index contributed by atoms with van der Waals surface area (Å²) in [5.74, 6) is -0.606. The Kier molecular flexibility index (Phi) is 26.2. The highest BCUT2D eigenvalue weighted by atomic mass is 127. The maximum Gasteiger partial charge on any atom is 0.306 e. The van der Waals surface area contributed by atoms with Gasteiger partial charge in [-0.2, -0.15) is 0 Å². The molecule has 10 heteroatoms. The third-order valence-corrected chi connectivity index (χ3v) is 21.7. The predicted octanol–water partition coefficient (Wildman–Crippen LogP) is 0.811. The number of likely N-dealkylation sites (N-methyl/N-ethyl adjacent to an activating group) is 2. The highest BCUT2D eigenvalue weighted by molar-refractivity contribution is 6.80. The number of esters is 2. The van der Waals surface area contributed by atoms with E-state index in [4.69, 9.17) is 9.47 Å². The molecule has 0 N–H and O–H groups in total. The molecule has 6 nitrogen and oxygen atoms in total. The van der Waals surface area contributed by atoms with E-state index >= 15 is 0 Å². The van der Waals surface area contributed by atoms with Crippen molar-refractivity contribution in [2.24, 2.45) is 0 Å². The number of ether oxygens (including phenoxy) is 2. The summed E-state index contributed by atoms with van der Waals surface area (Å²) in [5.41, 5.74) is 0. The molecule has 0 bridgehead atoms. The fourth-order valence-corrected chi connectivity index (χ4v) is 12.6. The topological polar surface area (TPSA) is 52.6 Å². The summed E-state index contributed by atoms with van der Waals surface area (Å²) in [4.78, 5) is 24.3. The van der Waals surface area contributed by atoms with Crippen LogP contribution in [0.25, 0.3) is 0 Å². The molecule has 0 amide bonds. The van der Waals surface area contributed by atoms with Crippen LogP contribution in [0.3, 0.4) is 0 Å². The van der Waals surface area contributed by atoms with Gasteiger partial charge in [0.2, 0.25) is 0 Å². The van der Waals surface area contributed by atoms with Crippen LogP contribution < -0.4 is 48.0 Å². The fourth-order valence-electron chi connectivity index (χ4n) is 5.71. The van der Waals surface area contributed by atoms with E-state index in [-0.39, 0.29) is 72.7 Å². The van der Waals surface area contributed by atoms with Crippen molar-refractivity contribution in [3.05, 3.63) is 0 Å². The normalized spacial score (nSPS) is 12.3. The summed E-state index contributed by atoms with van der Waals surface area (Å²) >= 11 is 0. The second-order valence-electron chi connectivity index (χ2n) is 13.0. The molecule has 0 aromatic heterocycles. The van der Waals surface area contributed by atoms with Crippen molar-refractivity contribution >= 4 is 28.1 Å². The minimum Gasteiger partial charge on any atom is -1.00 e. The smallest absolute Gasteiger partial charge is 0.306 e. The summed E-state index contributed by atoms with van der Waals surface area (Å²) < 4.78 is 12.6. The Bertz CT molecular complexity index is 602.